The van der Waals surface area contributed by atoms with Gasteiger partial charge < -0.3 is 15.3 Å². The summed E-state index contributed by atoms with van der Waals surface area (Å²) in [5.41, 5.74) is 1.58. The second-order valence-corrected chi connectivity index (χ2v) is 4.37. The Labute approximate surface area is 106 Å². The van der Waals surface area contributed by atoms with Crippen molar-refractivity contribution in [2.75, 3.05) is 30.9 Å². The fourth-order valence-corrected chi connectivity index (χ4v) is 1.62. The number of rotatable bonds is 5. The summed E-state index contributed by atoms with van der Waals surface area (Å²) in [5, 5.41) is 12.0. The molecule has 0 aliphatic heterocycles. The number of amides is 1. The van der Waals surface area contributed by atoms with Crippen LogP contribution in [0.1, 0.15) is 12.8 Å². The third-order valence-electron chi connectivity index (χ3n) is 2.28. The lowest BCUT2D eigenvalue weighted by molar-refractivity contribution is -0.116. The number of hydrogen-bond acceptors (Lipinski definition) is 3. The molecule has 0 saturated heterocycles. The molecule has 1 amide bonds. The van der Waals surface area contributed by atoms with Gasteiger partial charge >= 0.3 is 0 Å². The third-order valence-corrected chi connectivity index (χ3v) is 2.51. The second kappa shape index (κ2) is 6.47. The number of carbonyl (C=O) groups excluding carboxylic acids is 1. The topological polar surface area (TPSA) is 52.6 Å². The molecule has 4 nitrogen and oxygen atoms in total. The summed E-state index contributed by atoms with van der Waals surface area (Å²) < 4.78 is 0. The van der Waals surface area contributed by atoms with Crippen molar-refractivity contribution in [3.63, 3.8) is 0 Å². The van der Waals surface area contributed by atoms with E-state index in [0.29, 0.717) is 23.6 Å². The highest BCUT2D eigenvalue weighted by Gasteiger charge is 2.08. The normalized spacial score (nSPS) is 10.1. The van der Waals surface area contributed by atoms with E-state index in [1.807, 2.05) is 25.1 Å². The highest BCUT2D eigenvalue weighted by atomic mass is 35.5. The van der Waals surface area contributed by atoms with Gasteiger partial charge in [-0.05, 0) is 24.6 Å². The standard InChI is InChI=1S/C12H17ClN2O2/c1-15(2)11-6-5-9(13)8-10(11)14-12(17)4-3-7-16/h5-6,8,16H,3-4,7H2,1-2H3,(H,14,17). The van der Waals surface area contributed by atoms with Gasteiger partial charge in [-0.1, -0.05) is 11.6 Å². The fourth-order valence-electron chi connectivity index (χ4n) is 1.45. The molecule has 0 aliphatic rings. The lowest BCUT2D eigenvalue weighted by atomic mass is 10.2. The van der Waals surface area contributed by atoms with E-state index >= 15 is 0 Å². The smallest absolute Gasteiger partial charge is 0.224 e. The lowest BCUT2D eigenvalue weighted by Gasteiger charge is -2.18. The molecule has 1 aromatic rings. The number of carbonyl (C=O) groups is 1. The average molecular weight is 257 g/mol. The van der Waals surface area contributed by atoms with Crippen LogP contribution in [0.2, 0.25) is 5.02 Å². The highest BCUT2D eigenvalue weighted by molar-refractivity contribution is 6.31. The number of anilines is 2. The van der Waals surface area contributed by atoms with Gasteiger partial charge in [-0.25, -0.2) is 0 Å². The number of nitrogens with one attached hydrogen (secondary N) is 1. The van der Waals surface area contributed by atoms with E-state index in [2.05, 4.69) is 5.32 Å². The van der Waals surface area contributed by atoms with E-state index in [9.17, 15) is 4.79 Å². The first kappa shape index (κ1) is 13.8. The maximum atomic E-state index is 11.6. The van der Waals surface area contributed by atoms with Gasteiger partial charge in [-0.2, -0.15) is 0 Å². The predicted molar refractivity (Wildman–Crippen MR) is 70.7 cm³/mol. The molecule has 0 heterocycles. The molecule has 1 rings (SSSR count). The number of benzene rings is 1. The zero-order chi connectivity index (χ0) is 12.8. The fraction of sp³-hybridized carbons (Fsp3) is 0.417. The zero-order valence-corrected chi connectivity index (χ0v) is 10.8. The summed E-state index contributed by atoms with van der Waals surface area (Å²) in [7, 11) is 3.79. The van der Waals surface area contributed by atoms with Crippen molar-refractivity contribution in [2.24, 2.45) is 0 Å². The third kappa shape index (κ3) is 4.24. The van der Waals surface area contributed by atoms with Gasteiger partial charge in [0.25, 0.3) is 0 Å². The quantitative estimate of drug-likeness (QED) is 0.849. The van der Waals surface area contributed by atoms with Crippen LogP contribution in [0.25, 0.3) is 0 Å². The molecular weight excluding hydrogens is 240 g/mol. The molecule has 1 aromatic carbocycles. The van der Waals surface area contributed by atoms with Crippen molar-refractivity contribution in [3.8, 4) is 0 Å². The number of nitrogens with zero attached hydrogens (tertiary/aromatic N) is 1. The summed E-state index contributed by atoms with van der Waals surface area (Å²) >= 11 is 5.90. The maximum absolute atomic E-state index is 11.6. The highest BCUT2D eigenvalue weighted by Crippen LogP contribution is 2.27. The summed E-state index contributed by atoms with van der Waals surface area (Å²) in [6.07, 6.45) is 0.763. The van der Waals surface area contributed by atoms with Gasteiger partial charge in [0.15, 0.2) is 0 Å². The molecular formula is C12H17ClN2O2. The van der Waals surface area contributed by atoms with Crippen LogP contribution in [0, 0.1) is 0 Å². The van der Waals surface area contributed by atoms with Crippen LogP contribution in [0.15, 0.2) is 18.2 Å². The molecule has 0 aromatic heterocycles. The van der Waals surface area contributed by atoms with Gasteiger partial charge in [-0.15, -0.1) is 0 Å². The van der Waals surface area contributed by atoms with E-state index in [1.165, 1.54) is 0 Å². The Morgan fingerprint density at radius 2 is 2.18 bits per heavy atom. The first-order valence-electron chi connectivity index (χ1n) is 5.42. The molecule has 0 saturated carbocycles. The molecule has 5 heteroatoms. The van der Waals surface area contributed by atoms with Gasteiger partial charge in [0, 0.05) is 32.1 Å². The van der Waals surface area contributed by atoms with E-state index in [-0.39, 0.29) is 12.5 Å². The summed E-state index contributed by atoms with van der Waals surface area (Å²) in [6, 6.07) is 5.35. The summed E-state index contributed by atoms with van der Waals surface area (Å²) in [5.74, 6) is -0.121. The number of aliphatic hydroxyl groups is 1. The van der Waals surface area contributed by atoms with Gasteiger partial charge in [0.2, 0.25) is 5.91 Å². The van der Waals surface area contributed by atoms with Gasteiger partial charge in [0.05, 0.1) is 11.4 Å². The average Bonchev–Trinajstić information content (AvgIpc) is 2.26. The van der Waals surface area contributed by atoms with Crippen LogP contribution in [-0.4, -0.2) is 31.7 Å². The van der Waals surface area contributed by atoms with Crippen molar-refractivity contribution in [3.05, 3.63) is 23.2 Å². The SMILES string of the molecule is CN(C)c1ccc(Cl)cc1NC(=O)CCCO. The van der Waals surface area contributed by atoms with Crippen LogP contribution in [0.5, 0.6) is 0 Å². The van der Waals surface area contributed by atoms with Crippen LogP contribution in [0.4, 0.5) is 11.4 Å². The number of hydrogen-bond donors (Lipinski definition) is 2. The van der Waals surface area contributed by atoms with Crippen molar-refractivity contribution >= 4 is 28.9 Å². The van der Waals surface area contributed by atoms with Crippen molar-refractivity contribution in [1.29, 1.82) is 0 Å². The Balaban J connectivity index is 2.81. The minimum absolute atomic E-state index is 0.0174. The Morgan fingerprint density at radius 3 is 2.76 bits per heavy atom. The van der Waals surface area contributed by atoms with Crippen molar-refractivity contribution < 1.29 is 9.90 Å². The van der Waals surface area contributed by atoms with E-state index in [4.69, 9.17) is 16.7 Å². The lowest BCUT2D eigenvalue weighted by Crippen LogP contribution is -2.16. The molecule has 0 atom stereocenters. The van der Waals surface area contributed by atoms with Gasteiger partial charge in [-0.3, -0.25) is 4.79 Å². The van der Waals surface area contributed by atoms with Crippen molar-refractivity contribution in [1.82, 2.24) is 0 Å². The molecule has 0 bridgehead atoms. The van der Waals surface area contributed by atoms with Crippen LogP contribution in [0.3, 0.4) is 0 Å². The molecule has 0 unspecified atom stereocenters. The molecule has 94 valence electrons. The maximum Gasteiger partial charge on any atom is 0.224 e. The Kier molecular flexibility index (Phi) is 5.25. The minimum atomic E-state index is -0.121. The van der Waals surface area contributed by atoms with Gasteiger partial charge in [0.1, 0.15) is 0 Å². The summed E-state index contributed by atoms with van der Waals surface area (Å²) in [6.45, 7) is 0.0174. The first-order chi connectivity index (χ1) is 8.04. The van der Waals surface area contributed by atoms with Crippen molar-refractivity contribution in [2.45, 2.75) is 12.8 Å². The number of aliphatic hydroxyl groups excluding tert-OH is 1. The van der Waals surface area contributed by atoms with Crippen LogP contribution in [-0.2, 0) is 4.79 Å². The van der Waals surface area contributed by atoms with E-state index in [0.717, 1.165) is 5.69 Å². The molecule has 0 spiro atoms. The minimum Gasteiger partial charge on any atom is -0.396 e. The monoisotopic (exact) mass is 256 g/mol. The van der Waals surface area contributed by atoms with Crippen LogP contribution >= 0.6 is 11.6 Å². The molecule has 17 heavy (non-hydrogen) atoms. The molecule has 0 aliphatic carbocycles. The Bertz CT molecular complexity index is 394. The van der Waals surface area contributed by atoms with E-state index < -0.39 is 0 Å². The second-order valence-electron chi connectivity index (χ2n) is 3.93. The molecule has 0 radical (unpaired) electrons. The Morgan fingerprint density at radius 1 is 1.47 bits per heavy atom. The zero-order valence-electron chi connectivity index (χ0n) is 10.0. The predicted octanol–water partition coefficient (Wildman–Crippen LogP) is 2.12. The summed E-state index contributed by atoms with van der Waals surface area (Å²) in [4.78, 5) is 13.5. The first-order valence-corrected chi connectivity index (χ1v) is 5.80. The largest absolute Gasteiger partial charge is 0.396 e. The van der Waals surface area contributed by atoms with Crippen LogP contribution < -0.4 is 10.2 Å². The van der Waals surface area contributed by atoms with E-state index in [1.54, 1.807) is 12.1 Å². The molecule has 2 N–H and O–H groups in total. The number of halogens is 1. The molecule has 0 fully saturated rings. The Hall–Kier alpha value is -1.26.